The molecule has 4 heterocycles. The highest BCUT2D eigenvalue weighted by molar-refractivity contribution is 6.01. The van der Waals surface area contributed by atoms with Gasteiger partial charge in [0, 0.05) is 86.8 Å². The lowest BCUT2D eigenvalue weighted by Gasteiger charge is -2.38. The zero-order valence-corrected chi connectivity index (χ0v) is 53.4. The van der Waals surface area contributed by atoms with Crippen LogP contribution in [0.2, 0.25) is 0 Å². The summed E-state index contributed by atoms with van der Waals surface area (Å²) in [5.74, 6) is 1.11. The van der Waals surface area contributed by atoms with Crippen LogP contribution in [0.3, 0.4) is 0 Å². The standard InChI is InChI=1S/C79H68N4O10/c1-11-80(65-27-19-13-21-47(65)3)55-37-39-61-71(43-55)90-69-41-49(5)67(45-63(69)78(61)59-25-17-15-23-57(59)73(84)92-78)82(75(86)88-9)53-33-29-51(30-34-53)77(7,8)52-31-35-54(36-32-52)83(76(87)89-10)68-46-64-70(42-50(68)6)91-72-44-56(81(12-2)66-28-20-14-22-48(66)4)38-40-62(72)79(64)60-26-18-16-24-58(60)74(85)93-79/h13-46H,11-12H2,1-10H3. The average Bonchev–Trinajstić information content (AvgIpc) is 1.65. The Bertz CT molecular complexity index is 4440. The summed E-state index contributed by atoms with van der Waals surface area (Å²) in [5.41, 5.74) is 12.7. The maximum Gasteiger partial charge on any atom is 0.418 e. The summed E-state index contributed by atoms with van der Waals surface area (Å²) in [5, 5.41) is 0. The number of rotatable bonds is 12. The Morgan fingerprint density at radius 3 is 1.13 bits per heavy atom. The van der Waals surface area contributed by atoms with E-state index in [9.17, 15) is 19.2 Å². The fraction of sp³-hybridized carbons (Fsp3) is 0.190. The van der Waals surface area contributed by atoms with Gasteiger partial charge in [-0.25, -0.2) is 29.0 Å². The van der Waals surface area contributed by atoms with Gasteiger partial charge >= 0.3 is 24.1 Å². The molecule has 14 heteroatoms. The lowest BCUT2D eigenvalue weighted by Crippen LogP contribution is -2.34. The topological polar surface area (TPSA) is 137 Å². The van der Waals surface area contributed by atoms with Crippen LogP contribution in [0.15, 0.2) is 206 Å². The number of esters is 2. The van der Waals surface area contributed by atoms with Crippen molar-refractivity contribution in [3.63, 3.8) is 0 Å². The smallest absolute Gasteiger partial charge is 0.418 e. The van der Waals surface area contributed by atoms with Crippen molar-refractivity contribution in [3.05, 3.63) is 284 Å². The van der Waals surface area contributed by atoms with Crippen molar-refractivity contribution in [2.24, 2.45) is 0 Å². The van der Waals surface area contributed by atoms with E-state index in [1.54, 1.807) is 12.1 Å². The van der Waals surface area contributed by atoms with Crippen molar-refractivity contribution < 1.29 is 47.6 Å². The summed E-state index contributed by atoms with van der Waals surface area (Å²) >= 11 is 0. The van der Waals surface area contributed by atoms with Gasteiger partial charge in [-0.1, -0.05) is 111 Å². The number of para-hydroxylation sites is 2. The third-order valence-electron chi connectivity index (χ3n) is 19.0. The van der Waals surface area contributed by atoms with Crippen LogP contribution in [0.4, 0.5) is 55.1 Å². The molecule has 0 bridgehead atoms. The molecule has 0 N–H and O–H groups in total. The number of anilines is 8. The molecular formula is C79H68N4O10. The number of fused-ring (bicyclic) bond motifs is 12. The van der Waals surface area contributed by atoms with E-state index in [1.165, 1.54) is 24.0 Å². The molecule has 0 saturated carbocycles. The highest BCUT2D eigenvalue weighted by Crippen LogP contribution is 2.60. The molecule has 0 aromatic heterocycles. The Hall–Kier alpha value is -11.1. The molecule has 2 unspecified atom stereocenters. The van der Waals surface area contributed by atoms with Crippen LogP contribution in [-0.2, 0) is 35.6 Å². The molecule has 10 aromatic carbocycles. The Labute approximate surface area is 540 Å². The fourth-order valence-electron chi connectivity index (χ4n) is 14.2. The molecule has 0 radical (unpaired) electrons. The fourth-order valence-corrected chi connectivity index (χ4v) is 14.2. The molecule has 14 nitrogen and oxygen atoms in total. The Balaban J connectivity index is 0.789. The van der Waals surface area contributed by atoms with Gasteiger partial charge in [0.05, 0.1) is 48.1 Å². The first-order valence-electron chi connectivity index (χ1n) is 31.2. The third-order valence-corrected chi connectivity index (χ3v) is 19.0. The van der Waals surface area contributed by atoms with Crippen molar-refractivity contribution in [2.45, 2.75) is 72.0 Å². The van der Waals surface area contributed by atoms with Crippen molar-refractivity contribution in [1.29, 1.82) is 0 Å². The third kappa shape index (κ3) is 9.28. The predicted octanol–water partition coefficient (Wildman–Crippen LogP) is 18.5. The molecule has 93 heavy (non-hydrogen) atoms. The van der Waals surface area contributed by atoms with E-state index in [2.05, 4.69) is 75.6 Å². The van der Waals surface area contributed by atoms with E-state index in [1.807, 2.05) is 184 Å². The van der Waals surface area contributed by atoms with Crippen LogP contribution < -0.4 is 29.1 Å². The predicted molar refractivity (Wildman–Crippen MR) is 361 cm³/mol. The largest absolute Gasteiger partial charge is 0.456 e. The van der Waals surface area contributed by atoms with Crippen LogP contribution in [-0.4, -0.2) is 51.4 Å². The number of hydrogen-bond donors (Lipinski definition) is 0. The van der Waals surface area contributed by atoms with Crippen LogP contribution in [0.1, 0.15) is 115 Å². The number of ether oxygens (including phenoxy) is 6. The lowest BCUT2D eigenvalue weighted by molar-refractivity contribution is 0.0214. The molecule has 0 fully saturated rings. The summed E-state index contributed by atoms with van der Waals surface area (Å²) in [7, 11) is 2.70. The second kappa shape index (κ2) is 22.7. The minimum absolute atomic E-state index is 0.439. The van der Waals surface area contributed by atoms with E-state index in [4.69, 9.17) is 28.4 Å². The summed E-state index contributed by atoms with van der Waals surface area (Å²) in [6.07, 6.45) is -1.26. The van der Waals surface area contributed by atoms with Gasteiger partial charge in [-0.3, -0.25) is 0 Å². The van der Waals surface area contributed by atoms with Crippen LogP contribution in [0.25, 0.3) is 0 Å². The molecule has 2 spiro atoms. The molecule has 0 saturated heterocycles. The van der Waals surface area contributed by atoms with Crippen LogP contribution in [0, 0.1) is 27.7 Å². The van der Waals surface area contributed by atoms with Crippen molar-refractivity contribution in [2.75, 3.05) is 46.9 Å². The number of benzene rings is 10. The quantitative estimate of drug-likeness (QED) is 0.0850. The second-order valence-electron chi connectivity index (χ2n) is 24.5. The second-order valence-corrected chi connectivity index (χ2v) is 24.5. The molecule has 464 valence electrons. The highest BCUT2D eigenvalue weighted by atomic mass is 16.6. The van der Waals surface area contributed by atoms with Gasteiger partial charge in [0.15, 0.2) is 11.2 Å². The molecular weight excluding hydrogens is 1160 g/mol. The summed E-state index contributed by atoms with van der Waals surface area (Å²) < 4.78 is 38.1. The number of carbonyl (C=O) groups is 4. The molecule has 0 aliphatic carbocycles. The number of aryl methyl sites for hydroxylation is 4. The van der Waals surface area contributed by atoms with Crippen LogP contribution >= 0.6 is 0 Å². The number of amides is 2. The summed E-state index contributed by atoms with van der Waals surface area (Å²) in [4.78, 5) is 64.2. The van der Waals surface area contributed by atoms with Gasteiger partial charge < -0.3 is 38.2 Å². The molecule has 2 atom stereocenters. The van der Waals surface area contributed by atoms with Crippen molar-refractivity contribution >= 4 is 69.6 Å². The monoisotopic (exact) mass is 1230 g/mol. The molecule has 10 aromatic rings. The zero-order chi connectivity index (χ0) is 64.8. The van der Waals surface area contributed by atoms with E-state index in [0.29, 0.717) is 114 Å². The summed E-state index contributed by atoms with van der Waals surface area (Å²) in [6, 6.07) is 66.4. The normalized spacial score (nSPS) is 16.1. The van der Waals surface area contributed by atoms with Gasteiger partial charge in [0.2, 0.25) is 0 Å². The van der Waals surface area contributed by atoms with Gasteiger partial charge in [-0.2, -0.15) is 0 Å². The van der Waals surface area contributed by atoms with Crippen molar-refractivity contribution in [1.82, 2.24) is 0 Å². The molecule has 4 aliphatic heterocycles. The van der Waals surface area contributed by atoms with E-state index < -0.39 is 40.7 Å². The first-order chi connectivity index (χ1) is 44.9. The molecule has 14 rings (SSSR count). The Morgan fingerprint density at radius 2 is 0.753 bits per heavy atom. The number of hydrogen-bond acceptors (Lipinski definition) is 12. The van der Waals surface area contributed by atoms with E-state index in [-0.39, 0.29) is 0 Å². The van der Waals surface area contributed by atoms with Gasteiger partial charge in [-0.05, 0) is 172 Å². The summed E-state index contributed by atoms with van der Waals surface area (Å²) in [6.45, 7) is 17.8. The maximum absolute atomic E-state index is 14.3. The highest BCUT2D eigenvalue weighted by Gasteiger charge is 2.56. The van der Waals surface area contributed by atoms with E-state index in [0.717, 1.165) is 45.0 Å². The Kier molecular flexibility index (Phi) is 14.5. The minimum atomic E-state index is -1.43. The number of carbonyl (C=O) groups excluding carboxylic acids is 4. The minimum Gasteiger partial charge on any atom is -0.456 e. The molecule has 4 aliphatic rings. The Morgan fingerprint density at radius 1 is 0.398 bits per heavy atom. The average molecular weight is 1230 g/mol. The number of methoxy groups -OCH3 is 2. The van der Waals surface area contributed by atoms with Crippen LogP contribution in [0.5, 0.6) is 23.0 Å². The first-order valence-corrected chi connectivity index (χ1v) is 31.2. The van der Waals surface area contributed by atoms with Gasteiger partial charge in [-0.15, -0.1) is 0 Å². The SMILES string of the molecule is CCN(c1ccc2c(c1)Oc1cc(C)c(N(C(=O)OC)c3ccc(C(C)(C)c4ccc(N(C(=O)OC)c5cc6c(cc5C)Oc5cc(N(CC)c7ccccc7C)ccc5C65OC(=O)c6ccccc65)cc4)cc3)cc1C21OC(=O)c2ccccc21)c1ccccc1C. The van der Waals surface area contributed by atoms with Crippen molar-refractivity contribution in [3.8, 4) is 23.0 Å². The lowest BCUT2D eigenvalue weighted by atomic mass is 9.77. The number of nitrogens with zero attached hydrogens (tertiary/aromatic N) is 4. The zero-order valence-electron chi connectivity index (χ0n) is 53.4. The molecule has 2 amide bonds. The van der Waals surface area contributed by atoms with E-state index >= 15 is 0 Å². The maximum atomic E-state index is 14.3. The van der Waals surface area contributed by atoms with Gasteiger partial charge in [0.25, 0.3) is 0 Å². The van der Waals surface area contributed by atoms with Gasteiger partial charge in [0.1, 0.15) is 23.0 Å². The first kappa shape index (κ1) is 59.5.